The second kappa shape index (κ2) is 12.3. The molecule has 0 bridgehead atoms. The second-order valence-electron chi connectivity index (χ2n) is 7.95. The summed E-state index contributed by atoms with van der Waals surface area (Å²) in [5.74, 6) is -2.88. The Morgan fingerprint density at radius 2 is 1.43 bits per heavy atom. The van der Waals surface area contributed by atoms with Crippen molar-refractivity contribution in [3.8, 4) is 0 Å². The first kappa shape index (κ1) is 25.8. The molecule has 0 aromatic rings. The highest BCUT2D eigenvalue weighted by molar-refractivity contribution is 5.93. The third-order valence-corrected chi connectivity index (χ3v) is 4.52. The van der Waals surface area contributed by atoms with E-state index in [4.69, 9.17) is 10.8 Å². The molecule has 0 aromatic heterocycles. The van der Waals surface area contributed by atoms with E-state index in [9.17, 15) is 19.2 Å². The molecule has 9 heteroatoms. The average molecular weight is 401 g/mol. The molecule has 4 unspecified atom stereocenters. The van der Waals surface area contributed by atoms with E-state index in [1.54, 1.807) is 20.8 Å². The normalized spacial score (nSPS) is 15.5. The monoisotopic (exact) mass is 400 g/mol. The van der Waals surface area contributed by atoms with Gasteiger partial charge in [-0.1, -0.05) is 48.0 Å². The summed E-state index contributed by atoms with van der Waals surface area (Å²) in [6, 6.07) is -2.48. The average Bonchev–Trinajstić information content (AvgIpc) is 2.59. The lowest BCUT2D eigenvalue weighted by atomic mass is 9.96. The van der Waals surface area contributed by atoms with Crippen molar-refractivity contribution in [2.24, 2.45) is 23.5 Å². The van der Waals surface area contributed by atoms with Crippen LogP contribution < -0.4 is 21.7 Å². The Kier molecular flexibility index (Phi) is 11.4. The molecule has 0 aliphatic rings. The second-order valence-corrected chi connectivity index (χ2v) is 7.95. The SMILES string of the molecule is CCC(C)C(NC(=O)C(NC(=O)C(N)CC(C)C)C(C)C)C(=O)NCC(=O)O. The van der Waals surface area contributed by atoms with Crippen molar-refractivity contribution in [2.45, 2.75) is 72.5 Å². The van der Waals surface area contributed by atoms with Crippen molar-refractivity contribution < 1.29 is 24.3 Å². The number of carbonyl (C=O) groups excluding carboxylic acids is 3. The molecule has 3 amide bonds. The van der Waals surface area contributed by atoms with Crippen LogP contribution in [-0.2, 0) is 19.2 Å². The van der Waals surface area contributed by atoms with Gasteiger partial charge in [-0.25, -0.2) is 0 Å². The van der Waals surface area contributed by atoms with Gasteiger partial charge in [0, 0.05) is 0 Å². The van der Waals surface area contributed by atoms with Gasteiger partial charge in [-0.3, -0.25) is 19.2 Å². The molecular weight excluding hydrogens is 364 g/mol. The molecule has 0 radical (unpaired) electrons. The van der Waals surface area contributed by atoms with E-state index in [2.05, 4.69) is 16.0 Å². The van der Waals surface area contributed by atoms with E-state index in [1.807, 2.05) is 20.8 Å². The van der Waals surface area contributed by atoms with Gasteiger partial charge in [0.25, 0.3) is 0 Å². The van der Waals surface area contributed by atoms with Gasteiger partial charge in [-0.05, 0) is 24.2 Å². The lowest BCUT2D eigenvalue weighted by Crippen LogP contribution is -2.59. The summed E-state index contributed by atoms with van der Waals surface area (Å²) in [7, 11) is 0. The third-order valence-electron chi connectivity index (χ3n) is 4.52. The number of aliphatic carboxylic acids is 1. The number of hydrogen-bond donors (Lipinski definition) is 5. The zero-order chi connectivity index (χ0) is 22.0. The van der Waals surface area contributed by atoms with Crippen LogP contribution in [0.5, 0.6) is 0 Å². The molecule has 0 heterocycles. The predicted octanol–water partition coefficient (Wildman–Crippen LogP) is 0.232. The van der Waals surface area contributed by atoms with Crippen LogP contribution in [0.2, 0.25) is 0 Å². The third kappa shape index (κ3) is 9.16. The van der Waals surface area contributed by atoms with Crippen molar-refractivity contribution in [1.29, 1.82) is 0 Å². The molecule has 0 saturated carbocycles. The fraction of sp³-hybridized carbons (Fsp3) is 0.789. The quantitative estimate of drug-likeness (QED) is 0.316. The largest absolute Gasteiger partial charge is 0.480 e. The maximum Gasteiger partial charge on any atom is 0.322 e. The minimum atomic E-state index is -1.17. The van der Waals surface area contributed by atoms with Crippen LogP contribution in [0.3, 0.4) is 0 Å². The number of carboxylic acid groups (broad SMARTS) is 1. The van der Waals surface area contributed by atoms with Crippen LogP contribution in [0, 0.1) is 17.8 Å². The molecule has 4 atom stereocenters. The predicted molar refractivity (Wildman–Crippen MR) is 106 cm³/mol. The highest BCUT2D eigenvalue weighted by Crippen LogP contribution is 2.11. The number of hydrogen-bond acceptors (Lipinski definition) is 5. The molecule has 0 fully saturated rings. The van der Waals surface area contributed by atoms with Crippen molar-refractivity contribution in [3.63, 3.8) is 0 Å². The minimum absolute atomic E-state index is 0.218. The van der Waals surface area contributed by atoms with E-state index in [-0.39, 0.29) is 17.8 Å². The standard InChI is InChI=1S/C19H36N4O5/c1-7-12(6)16(18(27)21-9-14(24)25)23-19(28)15(11(4)5)22-17(26)13(20)8-10(2)3/h10-13,15-16H,7-9,20H2,1-6H3,(H,21,27)(H,22,26)(H,23,28)(H,24,25). The smallest absolute Gasteiger partial charge is 0.322 e. The Morgan fingerprint density at radius 3 is 1.86 bits per heavy atom. The van der Waals surface area contributed by atoms with Gasteiger partial charge in [-0.2, -0.15) is 0 Å². The van der Waals surface area contributed by atoms with Crippen LogP contribution in [0.1, 0.15) is 54.4 Å². The molecular formula is C19H36N4O5. The van der Waals surface area contributed by atoms with E-state index in [0.717, 1.165) is 0 Å². The van der Waals surface area contributed by atoms with Crippen molar-refractivity contribution >= 4 is 23.7 Å². The van der Waals surface area contributed by atoms with Crippen molar-refractivity contribution in [1.82, 2.24) is 16.0 Å². The van der Waals surface area contributed by atoms with Crippen LogP contribution in [0.25, 0.3) is 0 Å². The molecule has 28 heavy (non-hydrogen) atoms. The van der Waals surface area contributed by atoms with E-state index in [1.165, 1.54) is 0 Å². The summed E-state index contributed by atoms with van der Waals surface area (Å²) in [5, 5.41) is 16.4. The van der Waals surface area contributed by atoms with Gasteiger partial charge in [-0.15, -0.1) is 0 Å². The summed E-state index contributed by atoms with van der Waals surface area (Å²) in [5.41, 5.74) is 5.89. The number of carboxylic acids is 1. The number of rotatable bonds is 12. The van der Waals surface area contributed by atoms with Gasteiger partial charge in [0.05, 0.1) is 6.04 Å². The van der Waals surface area contributed by atoms with Gasteiger partial charge in [0.1, 0.15) is 18.6 Å². The molecule has 0 spiro atoms. The van der Waals surface area contributed by atoms with E-state index >= 15 is 0 Å². The number of amides is 3. The number of nitrogens with two attached hydrogens (primary N) is 1. The topological polar surface area (TPSA) is 151 Å². The Balaban J connectivity index is 5.21. The van der Waals surface area contributed by atoms with E-state index < -0.39 is 48.4 Å². The van der Waals surface area contributed by atoms with E-state index in [0.29, 0.717) is 12.8 Å². The first-order valence-corrected chi connectivity index (χ1v) is 9.76. The van der Waals surface area contributed by atoms with Crippen molar-refractivity contribution in [3.05, 3.63) is 0 Å². The number of nitrogens with one attached hydrogen (secondary N) is 3. The summed E-state index contributed by atoms with van der Waals surface area (Å²) < 4.78 is 0. The van der Waals surface area contributed by atoms with Crippen LogP contribution in [0.4, 0.5) is 0 Å². The highest BCUT2D eigenvalue weighted by atomic mass is 16.4. The lowest BCUT2D eigenvalue weighted by molar-refractivity contribution is -0.139. The minimum Gasteiger partial charge on any atom is -0.480 e. The fourth-order valence-corrected chi connectivity index (χ4v) is 2.63. The van der Waals surface area contributed by atoms with Gasteiger partial charge in [0.2, 0.25) is 17.7 Å². The first-order chi connectivity index (χ1) is 12.9. The van der Waals surface area contributed by atoms with Gasteiger partial charge >= 0.3 is 5.97 Å². The van der Waals surface area contributed by atoms with Crippen LogP contribution in [-0.4, -0.2) is 53.5 Å². The maximum absolute atomic E-state index is 12.8. The molecule has 0 rings (SSSR count). The Morgan fingerprint density at radius 1 is 0.893 bits per heavy atom. The molecule has 9 nitrogen and oxygen atoms in total. The molecule has 162 valence electrons. The Hall–Kier alpha value is -2.16. The molecule has 0 aromatic carbocycles. The summed E-state index contributed by atoms with van der Waals surface area (Å²) >= 11 is 0. The summed E-state index contributed by atoms with van der Waals surface area (Å²) in [6.07, 6.45) is 1.09. The maximum atomic E-state index is 12.8. The highest BCUT2D eigenvalue weighted by Gasteiger charge is 2.32. The lowest BCUT2D eigenvalue weighted by Gasteiger charge is -2.28. The molecule has 0 saturated heterocycles. The molecule has 0 aliphatic heterocycles. The summed E-state index contributed by atoms with van der Waals surface area (Å²) in [6.45, 7) is 10.6. The Bertz CT molecular complexity index is 550. The Labute approximate surface area is 167 Å². The number of carbonyl (C=O) groups is 4. The van der Waals surface area contributed by atoms with Gasteiger partial charge < -0.3 is 26.8 Å². The zero-order valence-electron chi connectivity index (χ0n) is 17.7. The van der Waals surface area contributed by atoms with Gasteiger partial charge in [0.15, 0.2) is 0 Å². The zero-order valence-corrected chi connectivity index (χ0v) is 17.7. The summed E-state index contributed by atoms with van der Waals surface area (Å²) in [4.78, 5) is 48.1. The van der Waals surface area contributed by atoms with Crippen LogP contribution in [0.15, 0.2) is 0 Å². The van der Waals surface area contributed by atoms with Crippen molar-refractivity contribution in [2.75, 3.05) is 6.54 Å². The molecule has 6 N–H and O–H groups in total. The van der Waals surface area contributed by atoms with Crippen LogP contribution >= 0.6 is 0 Å². The first-order valence-electron chi connectivity index (χ1n) is 9.76. The molecule has 0 aliphatic carbocycles. The fourth-order valence-electron chi connectivity index (χ4n) is 2.63.